The minimum absolute atomic E-state index is 0.109. The summed E-state index contributed by atoms with van der Waals surface area (Å²) in [5.74, 6) is -0.109. The number of halogens is 1. The van der Waals surface area contributed by atoms with Gasteiger partial charge in [-0.2, -0.15) is 0 Å². The van der Waals surface area contributed by atoms with Crippen molar-refractivity contribution in [1.82, 2.24) is 5.32 Å². The maximum Gasteiger partial charge on any atom is 0.255 e. The summed E-state index contributed by atoms with van der Waals surface area (Å²) < 4.78 is 10.4. The fourth-order valence-corrected chi connectivity index (χ4v) is 2.35. The summed E-state index contributed by atoms with van der Waals surface area (Å²) in [6, 6.07) is 7.50. The van der Waals surface area contributed by atoms with Gasteiger partial charge in [0.05, 0.1) is 12.2 Å². The van der Waals surface area contributed by atoms with Gasteiger partial charge in [-0.15, -0.1) is 0 Å². The number of nitrogens with one attached hydrogen (secondary N) is 1. The number of alkyl halides is 1. The fraction of sp³-hybridized carbons (Fsp3) is 0.357. The molecule has 1 aromatic carbocycles. The molecule has 2 rings (SSSR count). The van der Waals surface area contributed by atoms with Crippen molar-refractivity contribution in [3.05, 3.63) is 36.1 Å². The van der Waals surface area contributed by atoms with E-state index < -0.39 is 0 Å². The van der Waals surface area contributed by atoms with Crippen LogP contribution in [0.3, 0.4) is 0 Å². The van der Waals surface area contributed by atoms with Crippen molar-refractivity contribution in [3.8, 4) is 0 Å². The van der Waals surface area contributed by atoms with Gasteiger partial charge in [0.15, 0.2) is 0 Å². The van der Waals surface area contributed by atoms with Crippen molar-refractivity contribution in [1.29, 1.82) is 0 Å². The Morgan fingerprint density at radius 3 is 3.05 bits per heavy atom. The van der Waals surface area contributed by atoms with E-state index in [-0.39, 0.29) is 10.7 Å². The van der Waals surface area contributed by atoms with Gasteiger partial charge < -0.3 is 14.5 Å². The molecule has 0 radical (unpaired) electrons. The van der Waals surface area contributed by atoms with Crippen LogP contribution in [0.2, 0.25) is 0 Å². The normalized spacial score (nSPS) is 12.5. The highest BCUT2D eigenvalue weighted by Gasteiger charge is 2.13. The summed E-state index contributed by atoms with van der Waals surface area (Å²) in [6.45, 7) is 1.22. The Kier molecular flexibility index (Phi) is 4.99. The fourth-order valence-electron chi connectivity index (χ4n) is 1.86. The van der Waals surface area contributed by atoms with Crippen LogP contribution in [-0.4, -0.2) is 31.0 Å². The number of methoxy groups -OCH3 is 1. The average molecular weight is 326 g/mol. The lowest BCUT2D eigenvalue weighted by atomic mass is 10.1. The lowest BCUT2D eigenvalue weighted by Crippen LogP contribution is -2.26. The number of ether oxygens (including phenoxy) is 1. The molecular weight excluding hydrogens is 310 g/mol. The van der Waals surface area contributed by atoms with Crippen molar-refractivity contribution in [2.24, 2.45) is 0 Å². The molecule has 1 N–H and O–H groups in total. The first-order chi connectivity index (χ1) is 9.22. The standard InChI is InChI=1S/C14H16BrNO3/c1-18-8-10(15)6-7-16-14(17)12-9-19-13-5-3-2-4-11(12)13/h2-5,9-10H,6-8H2,1H3,(H,16,17). The maximum absolute atomic E-state index is 12.0. The number of fused-ring (bicyclic) bond motifs is 1. The predicted octanol–water partition coefficient (Wildman–Crippen LogP) is 2.96. The molecule has 0 bridgehead atoms. The molecule has 0 fully saturated rings. The Morgan fingerprint density at radius 1 is 1.47 bits per heavy atom. The van der Waals surface area contributed by atoms with Crippen LogP contribution in [0.15, 0.2) is 34.9 Å². The number of amides is 1. The summed E-state index contributed by atoms with van der Waals surface area (Å²) in [5, 5.41) is 3.72. The Morgan fingerprint density at radius 2 is 2.26 bits per heavy atom. The number of benzene rings is 1. The smallest absolute Gasteiger partial charge is 0.255 e. The van der Waals surface area contributed by atoms with E-state index in [4.69, 9.17) is 9.15 Å². The summed E-state index contributed by atoms with van der Waals surface area (Å²) in [7, 11) is 1.66. The van der Waals surface area contributed by atoms with Gasteiger partial charge in [-0.3, -0.25) is 4.79 Å². The number of carbonyl (C=O) groups is 1. The Labute approximate surface area is 120 Å². The van der Waals surface area contributed by atoms with Gasteiger partial charge in [0.1, 0.15) is 11.8 Å². The van der Waals surface area contributed by atoms with Crippen molar-refractivity contribution in [3.63, 3.8) is 0 Å². The number of carbonyl (C=O) groups excluding carboxylic acids is 1. The minimum Gasteiger partial charge on any atom is -0.463 e. The van der Waals surface area contributed by atoms with Crippen molar-refractivity contribution >= 4 is 32.8 Å². The molecule has 0 aliphatic heterocycles. The molecule has 1 amide bonds. The molecule has 2 aromatic rings. The molecule has 0 saturated heterocycles. The summed E-state index contributed by atoms with van der Waals surface area (Å²) in [5.41, 5.74) is 1.30. The van der Waals surface area contributed by atoms with Crippen LogP contribution in [0, 0.1) is 0 Å². The highest BCUT2D eigenvalue weighted by Crippen LogP contribution is 2.20. The quantitative estimate of drug-likeness (QED) is 0.831. The summed E-state index contributed by atoms with van der Waals surface area (Å²) in [6.07, 6.45) is 2.32. The topological polar surface area (TPSA) is 51.5 Å². The SMILES string of the molecule is COCC(Br)CCNC(=O)c1coc2ccccc12. The second kappa shape index (κ2) is 6.73. The van der Waals surface area contributed by atoms with Crippen LogP contribution in [-0.2, 0) is 4.74 Å². The lowest BCUT2D eigenvalue weighted by Gasteiger charge is -2.08. The van der Waals surface area contributed by atoms with Crippen LogP contribution in [0.4, 0.5) is 0 Å². The number of rotatable bonds is 6. The van der Waals surface area contributed by atoms with Crippen molar-refractivity contribution in [2.45, 2.75) is 11.2 Å². The second-order valence-corrected chi connectivity index (χ2v) is 5.54. The highest BCUT2D eigenvalue weighted by molar-refractivity contribution is 9.09. The van der Waals surface area contributed by atoms with Crippen molar-refractivity contribution < 1.29 is 13.9 Å². The van der Waals surface area contributed by atoms with E-state index in [9.17, 15) is 4.79 Å². The number of hydrogen-bond donors (Lipinski definition) is 1. The first-order valence-electron chi connectivity index (χ1n) is 6.10. The summed E-state index contributed by atoms with van der Waals surface area (Å²) in [4.78, 5) is 12.3. The van der Waals surface area contributed by atoms with E-state index in [0.717, 1.165) is 17.4 Å². The lowest BCUT2D eigenvalue weighted by molar-refractivity contribution is 0.0952. The highest BCUT2D eigenvalue weighted by atomic mass is 79.9. The molecule has 0 spiro atoms. The zero-order valence-electron chi connectivity index (χ0n) is 10.7. The third kappa shape index (κ3) is 3.58. The number of hydrogen-bond acceptors (Lipinski definition) is 3. The maximum atomic E-state index is 12.0. The van der Waals surface area contributed by atoms with Gasteiger partial charge in [-0.05, 0) is 12.5 Å². The van der Waals surface area contributed by atoms with Crippen LogP contribution >= 0.6 is 15.9 Å². The van der Waals surface area contributed by atoms with Crippen LogP contribution in [0.25, 0.3) is 11.0 Å². The molecular formula is C14H16BrNO3. The van der Waals surface area contributed by atoms with Gasteiger partial charge in [0.25, 0.3) is 5.91 Å². The van der Waals surface area contributed by atoms with E-state index in [1.165, 1.54) is 6.26 Å². The molecule has 0 saturated carbocycles. The zero-order valence-corrected chi connectivity index (χ0v) is 12.3. The third-order valence-corrected chi connectivity index (χ3v) is 3.54. The first-order valence-corrected chi connectivity index (χ1v) is 7.01. The van der Waals surface area contributed by atoms with Crippen LogP contribution in [0.5, 0.6) is 0 Å². The molecule has 1 heterocycles. The third-order valence-electron chi connectivity index (χ3n) is 2.82. The Hall–Kier alpha value is -1.33. The first kappa shape index (κ1) is 14.1. The van der Waals surface area contributed by atoms with Crippen LogP contribution < -0.4 is 5.32 Å². The monoisotopic (exact) mass is 325 g/mol. The molecule has 1 aromatic heterocycles. The van der Waals surface area contributed by atoms with Crippen LogP contribution in [0.1, 0.15) is 16.8 Å². The van der Waals surface area contributed by atoms with Gasteiger partial charge in [-0.25, -0.2) is 0 Å². The predicted molar refractivity (Wildman–Crippen MR) is 77.8 cm³/mol. The Balaban J connectivity index is 1.93. The largest absolute Gasteiger partial charge is 0.463 e. The van der Waals surface area contributed by atoms with Gasteiger partial charge in [0.2, 0.25) is 0 Å². The molecule has 102 valence electrons. The minimum atomic E-state index is -0.109. The van der Waals surface area contributed by atoms with E-state index in [1.54, 1.807) is 7.11 Å². The molecule has 0 aliphatic rings. The molecule has 5 heteroatoms. The van der Waals surface area contributed by atoms with Gasteiger partial charge >= 0.3 is 0 Å². The Bertz CT molecular complexity index is 552. The molecule has 1 atom stereocenters. The van der Waals surface area contributed by atoms with Gasteiger partial charge in [0, 0.05) is 23.9 Å². The van der Waals surface area contributed by atoms with Crippen molar-refractivity contribution in [2.75, 3.05) is 20.3 Å². The van der Waals surface area contributed by atoms with Gasteiger partial charge in [-0.1, -0.05) is 34.1 Å². The average Bonchev–Trinajstić information content (AvgIpc) is 2.82. The number of furan rings is 1. The number of para-hydroxylation sites is 1. The molecule has 0 aliphatic carbocycles. The summed E-state index contributed by atoms with van der Waals surface area (Å²) >= 11 is 3.48. The molecule has 4 nitrogen and oxygen atoms in total. The molecule has 19 heavy (non-hydrogen) atoms. The zero-order chi connectivity index (χ0) is 13.7. The second-order valence-electron chi connectivity index (χ2n) is 4.24. The van der Waals surface area contributed by atoms with E-state index in [1.807, 2.05) is 24.3 Å². The van der Waals surface area contributed by atoms with E-state index in [2.05, 4.69) is 21.2 Å². The van der Waals surface area contributed by atoms with E-state index in [0.29, 0.717) is 18.7 Å². The van der Waals surface area contributed by atoms with E-state index >= 15 is 0 Å². The molecule has 1 unspecified atom stereocenters.